The molecule has 0 aliphatic heterocycles. The molecule has 1 aliphatic rings. The molecule has 0 saturated heterocycles. The number of nitrogens with two attached hydrogens (primary N) is 1. The van der Waals surface area contributed by atoms with Crippen molar-refractivity contribution in [2.24, 2.45) is 7.05 Å². The molecule has 3 heterocycles. The summed E-state index contributed by atoms with van der Waals surface area (Å²) in [6.45, 7) is 0. The second-order valence-corrected chi connectivity index (χ2v) is 8.25. The van der Waals surface area contributed by atoms with Gasteiger partial charge in [0.15, 0.2) is 11.5 Å². The topological polar surface area (TPSA) is 112 Å². The van der Waals surface area contributed by atoms with Gasteiger partial charge in [0.25, 0.3) is 5.91 Å². The average Bonchev–Trinajstić information content (AvgIpc) is 3.25. The Balaban J connectivity index is 1.61. The van der Waals surface area contributed by atoms with Crippen LogP contribution >= 0.6 is 0 Å². The predicted molar refractivity (Wildman–Crippen MR) is 124 cm³/mol. The summed E-state index contributed by atoms with van der Waals surface area (Å²) in [5.41, 5.74) is 9.84. The SMILES string of the molecule is Cn1ccc(-c2nc(N)c(C(=O)NC3CCCCC3)nc2-c2ccc3ncccc3c2)n1. The van der Waals surface area contributed by atoms with Gasteiger partial charge in [-0.1, -0.05) is 31.4 Å². The van der Waals surface area contributed by atoms with Crippen LogP contribution in [0.2, 0.25) is 0 Å². The third-order valence-corrected chi connectivity index (χ3v) is 5.91. The van der Waals surface area contributed by atoms with Gasteiger partial charge in [-0.2, -0.15) is 5.10 Å². The summed E-state index contributed by atoms with van der Waals surface area (Å²) in [5, 5.41) is 8.56. The summed E-state index contributed by atoms with van der Waals surface area (Å²) in [7, 11) is 1.84. The molecule has 5 rings (SSSR count). The van der Waals surface area contributed by atoms with Crippen LogP contribution in [0.1, 0.15) is 42.6 Å². The van der Waals surface area contributed by atoms with Crippen molar-refractivity contribution in [3.8, 4) is 22.6 Å². The van der Waals surface area contributed by atoms with Crippen molar-refractivity contribution >= 4 is 22.6 Å². The summed E-state index contributed by atoms with van der Waals surface area (Å²) in [5.74, 6) is -0.177. The smallest absolute Gasteiger partial charge is 0.273 e. The first kappa shape index (κ1) is 20.1. The number of rotatable bonds is 4. The zero-order chi connectivity index (χ0) is 22.1. The van der Waals surface area contributed by atoms with E-state index in [-0.39, 0.29) is 23.5 Å². The molecular weight excluding hydrogens is 402 g/mol. The number of nitrogen functional groups attached to an aromatic ring is 1. The van der Waals surface area contributed by atoms with Crippen molar-refractivity contribution in [2.75, 3.05) is 5.73 Å². The molecule has 0 spiro atoms. The maximum absolute atomic E-state index is 13.1. The van der Waals surface area contributed by atoms with Crippen LogP contribution in [-0.4, -0.2) is 36.7 Å². The number of nitrogens with zero attached hydrogens (tertiary/aromatic N) is 5. The van der Waals surface area contributed by atoms with Gasteiger partial charge < -0.3 is 11.1 Å². The first-order valence-corrected chi connectivity index (χ1v) is 10.9. The van der Waals surface area contributed by atoms with Gasteiger partial charge in [0.2, 0.25) is 0 Å². The number of anilines is 1. The van der Waals surface area contributed by atoms with Crippen LogP contribution in [0.3, 0.4) is 0 Å². The molecule has 1 aliphatic carbocycles. The fraction of sp³-hybridized carbons (Fsp3) is 0.292. The molecule has 0 bridgehead atoms. The number of nitrogens with one attached hydrogen (secondary N) is 1. The quantitative estimate of drug-likeness (QED) is 0.513. The second kappa shape index (κ2) is 8.37. The van der Waals surface area contributed by atoms with Crippen LogP contribution in [-0.2, 0) is 7.05 Å². The van der Waals surface area contributed by atoms with Crippen LogP contribution < -0.4 is 11.1 Å². The van der Waals surface area contributed by atoms with Gasteiger partial charge in [0, 0.05) is 36.4 Å². The highest BCUT2D eigenvalue weighted by molar-refractivity contribution is 5.98. The van der Waals surface area contributed by atoms with E-state index in [1.54, 1.807) is 10.9 Å². The van der Waals surface area contributed by atoms with Crippen LogP contribution in [0.5, 0.6) is 0 Å². The van der Waals surface area contributed by atoms with Crippen LogP contribution in [0.4, 0.5) is 5.82 Å². The molecule has 8 nitrogen and oxygen atoms in total. The minimum absolute atomic E-state index is 0.102. The molecule has 0 radical (unpaired) electrons. The third-order valence-electron chi connectivity index (χ3n) is 5.91. The summed E-state index contributed by atoms with van der Waals surface area (Å²) in [4.78, 5) is 26.8. The van der Waals surface area contributed by atoms with Crippen LogP contribution in [0, 0.1) is 0 Å². The minimum Gasteiger partial charge on any atom is -0.382 e. The van der Waals surface area contributed by atoms with E-state index in [0.29, 0.717) is 17.1 Å². The Kier molecular flexibility index (Phi) is 5.26. The van der Waals surface area contributed by atoms with Crippen LogP contribution in [0.15, 0.2) is 48.8 Å². The highest BCUT2D eigenvalue weighted by atomic mass is 16.2. The molecular formula is C24H25N7O. The molecule has 3 aromatic heterocycles. The largest absolute Gasteiger partial charge is 0.382 e. The zero-order valence-electron chi connectivity index (χ0n) is 18.0. The van der Waals surface area contributed by atoms with Crippen molar-refractivity contribution in [2.45, 2.75) is 38.1 Å². The Labute approximate surface area is 185 Å². The number of aromatic nitrogens is 5. The normalized spacial score (nSPS) is 14.5. The number of benzene rings is 1. The molecule has 4 aromatic rings. The number of pyridine rings is 1. The van der Waals surface area contributed by atoms with Gasteiger partial charge >= 0.3 is 0 Å². The Hall–Kier alpha value is -3.81. The molecule has 1 aromatic carbocycles. The van der Waals surface area contributed by atoms with E-state index in [0.717, 1.165) is 42.1 Å². The van der Waals surface area contributed by atoms with E-state index < -0.39 is 0 Å². The van der Waals surface area contributed by atoms with E-state index in [4.69, 9.17) is 10.7 Å². The number of fused-ring (bicyclic) bond motifs is 1. The van der Waals surface area contributed by atoms with Crippen molar-refractivity contribution in [3.05, 3.63) is 54.5 Å². The number of carbonyl (C=O) groups is 1. The molecule has 162 valence electrons. The fourth-order valence-electron chi connectivity index (χ4n) is 4.26. The summed E-state index contributed by atoms with van der Waals surface area (Å²) >= 11 is 0. The fourth-order valence-corrected chi connectivity index (χ4v) is 4.26. The molecule has 32 heavy (non-hydrogen) atoms. The second-order valence-electron chi connectivity index (χ2n) is 8.25. The van der Waals surface area contributed by atoms with Gasteiger partial charge in [-0.05, 0) is 37.1 Å². The predicted octanol–water partition coefficient (Wildman–Crippen LogP) is 3.74. The average molecular weight is 428 g/mol. The highest BCUT2D eigenvalue weighted by Crippen LogP contribution is 2.31. The molecule has 1 fully saturated rings. The third kappa shape index (κ3) is 3.91. The Morgan fingerprint density at radius 3 is 2.72 bits per heavy atom. The monoisotopic (exact) mass is 427 g/mol. The van der Waals surface area contributed by atoms with Gasteiger partial charge in [-0.3, -0.25) is 14.5 Å². The molecule has 0 unspecified atom stereocenters. The van der Waals surface area contributed by atoms with Gasteiger partial charge in [0.05, 0.1) is 11.2 Å². The lowest BCUT2D eigenvalue weighted by molar-refractivity contribution is 0.0923. The maximum Gasteiger partial charge on any atom is 0.273 e. The Morgan fingerprint density at radius 1 is 1.09 bits per heavy atom. The van der Waals surface area contributed by atoms with E-state index in [1.807, 2.05) is 49.6 Å². The first-order valence-electron chi connectivity index (χ1n) is 10.9. The highest BCUT2D eigenvalue weighted by Gasteiger charge is 2.23. The van der Waals surface area contributed by atoms with E-state index in [9.17, 15) is 4.79 Å². The van der Waals surface area contributed by atoms with Crippen molar-refractivity contribution < 1.29 is 4.79 Å². The standard InChI is InChI=1S/C24H25N7O/c1-31-13-11-19(30-31)21-20(16-9-10-18-15(14-16)6-5-12-26-18)28-22(23(25)29-21)24(32)27-17-7-3-2-4-8-17/h5-6,9-14,17H,2-4,7-8H2,1H3,(H2,25,29)(H,27,32). The lowest BCUT2D eigenvalue weighted by atomic mass is 9.95. The lowest BCUT2D eigenvalue weighted by Crippen LogP contribution is -2.37. The molecule has 8 heteroatoms. The minimum atomic E-state index is -0.279. The van der Waals surface area contributed by atoms with Gasteiger partial charge in [-0.15, -0.1) is 0 Å². The number of carbonyl (C=O) groups excluding carboxylic acids is 1. The number of hydrogen-bond donors (Lipinski definition) is 2. The number of aryl methyl sites for hydroxylation is 1. The molecule has 1 saturated carbocycles. The molecule has 0 atom stereocenters. The molecule has 3 N–H and O–H groups in total. The van der Waals surface area contributed by atoms with E-state index in [2.05, 4.69) is 20.4 Å². The maximum atomic E-state index is 13.1. The Morgan fingerprint density at radius 2 is 1.94 bits per heavy atom. The zero-order valence-corrected chi connectivity index (χ0v) is 18.0. The first-order chi connectivity index (χ1) is 15.6. The van der Waals surface area contributed by atoms with Crippen molar-refractivity contribution in [3.63, 3.8) is 0 Å². The van der Waals surface area contributed by atoms with E-state index in [1.165, 1.54) is 6.42 Å². The lowest BCUT2D eigenvalue weighted by Gasteiger charge is -2.23. The van der Waals surface area contributed by atoms with Crippen LogP contribution in [0.25, 0.3) is 33.5 Å². The van der Waals surface area contributed by atoms with Gasteiger partial charge in [-0.25, -0.2) is 9.97 Å². The summed E-state index contributed by atoms with van der Waals surface area (Å²) in [6, 6.07) is 11.8. The molecule has 1 amide bonds. The number of amides is 1. The number of hydrogen-bond acceptors (Lipinski definition) is 6. The van der Waals surface area contributed by atoms with Gasteiger partial charge in [0.1, 0.15) is 11.4 Å². The van der Waals surface area contributed by atoms with Crippen molar-refractivity contribution in [1.29, 1.82) is 0 Å². The van der Waals surface area contributed by atoms with Crippen molar-refractivity contribution in [1.82, 2.24) is 30.0 Å². The van der Waals surface area contributed by atoms with E-state index >= 15 is 0 Å². The Bertz CT molecular complexity index is 1290. The summed E-state index contributed by atoms with van der Waals surface area (Å²) in [6.07, 6.45) is 9.03. The summed E-state index contributed by atoms with van der Waals surface area (Å²) < 4.78 is 1.70.